The van der Waals surface area contributed by atoms with Gasteiger partial charge in [-0.2, -0.15) is 0 Å². The molecule has 0 aromatic rings. The topological polar surface area (TPSA) is 77.6 Å². The van der Waals surface area contributed by atoms with Crippen LogP contribution in [0.1, 0.15) is 92.4 Å². The van der Waals surface area contributed by atoms with Crippen molar-refractivity contribution in [2.24, 2.45) is 29.1 Å². The molecule has 1 spiro atoms. The number of carbonyl (C=O) groups is 2. The molecule has 3 unspecified atom stereocenters. The molecule has 10 heteroatoms. The van der Waals surface area contributed by atoms with Crippen LogP contribution in [0.25, 0.3) is 0 Å². The lowest BCUT2D eigenvalue weighted by Gasteiger charge is -2.40. The van der Waals surface area contributed by atoms with Crippen LogP contribution in [-0.4, -0.2) is 172 Å². The molecule has 4 saturated heterocycles. The second-order valence-corrected chi connectivity index (χ2v) is 17.8. The van der Waals surface area contributed by atoms with Crippen LogP contribution in [0.2, 0.25) is 0 Å². The predicted octanol–water partition coefficient (Wildman–Crippen LogP) is 3.53. The van der Waals surface area contributed by atoms with Crippen LogP contribution in [-0.2, 0) is 9.59 Å². The van der Waals surface area contributed by atoms with Crippen molar-refractivity contribution >= 4 is 11.8 Å². The number of hydrogen-bond acceptors (Lipinski definition) is 8. The summed E-state index contributed by atoms with van der Waals surface area (Å²) in [4.78, 5) is 40.3. The van der Waals surface area contributed by atoms with E-state index < -0.39 is 0 Å². The SMILES string of the molecule is CCC(C)C(=O)NCC1CCN(CCN2CCN(C(C)CCCN3CCN(CCCN4CCC5(CC4)CC5CNC(=O)C(C)C)CC3)CC2)CC1. The molecule has 5 aliphatic rings. The fourth-order valence-electron chi connectivity index (χ4n) is 9.26. The molecule has 1 aliphatic carbocycles. The summed E-state index contributed by atoms with van der Waals surface area (Å²) in [6.45, 7) is 33.1. The van der Waals surface area contributed by atoms with Crippen LogP contribution in [0.3, 0.4) is 0 Å². The molecule has 294 valence electrons. The summed E-state index contributed by atoms with van der Waals surface area (Å²) in [6, 6.07) is 0.689. The maximum Gasteiger partial charge on any atom is 0.222 e. The highest BCUT2D eigenvalue weighted by Crippen LogP contribution is 2.59. The summed E-state index contributed by atoms with van der Waals surface area (Å²) in [6.07, 6.45) is 11.3. The lowest BCUT2D eigenvalue weighted by molar-refractivity contribution is -0.125. The second-order valence-electron chi connectivity index (χ2n) is 17.8. The number of amides is 2. The Morgan fingerprint density at radius 1 is 0.627 bits per heavy atom. The van der Waals surface area contributed by atoms with E-state index in [0.717, 1.165) is 25.4 Å². The van der Waals surface area contributed by atoms with Crippen molar-refractivity contribution in [3.63, 3.8) is 0 Å². The minimum absolute atomic E-state index is 0.0935. The Balaban J connectivity index is 0.830. The molecule has 51 heavy (non-hydrogen) atoms. The maximum absolute atomic E-state index is 12.1. The molecule has 2 N–H and O–H groups in total. The van der Waals surface area contributed by atoms with E-state index in [1.165, 1.54) is 163 Å². The van der Waals surface area contributed by atoms with Gasteiger partial charge in [-0.05, 0) is 128 Å². The third-order valence-corrected chi connectivity index (χ3v) is 13.9. The summed E-state index contributed by atoms with van der Waals surface area (Å²) >= 11 is 0. The lowest BCUT2D eigenvalue weighted by atomic mass is 9.90. The highest BCUT2D eigenvalue weighted by atomic mass is 16.2. The molecule has 0 radical (unpaired) electrons. The zero-order valence-corrected chi connectivity index (χ0v) is 33.7. The Labute approximate surface area is 312 Å². The van der Waals surface area contributed by atoms with Gasteiger partial charge in [0.1, 0.15) is 0 Å². The van der Waals surface area contributed by atoms with E-state index in [1.807, 2.05) is 20.8 Å². The monoisotopic (exact) mass is 715 g/mol. The largest absolute Gasteiger partial charge is 0.356 e. The van der Waals surface area contributed by atoms with Gasteiger partial charge in [0, 0.05) is 96.4 Å². The Kier molecular flexibility index (Phi) is 16.4. The Hall–Kier alpha value is -1.30. The summed E-state index contributed by atoms with van der Waals surface area (Å²) in [5.74, 6) is 2.03. The van der Waals surface area contributed by atoms with Crippen molar-refractivity contribution in [1.29, 1.82) is 0 Å². The van der Waals surface area contributed by atoms with Crippen molar-refractivity contribution in [2.75, 3.05) is 124 Å². The third kappa shape index (κ3) is 12.9. The predicted molar refractivity (Wildman–Crippen MR) is 210 cm³/mol. The van der Waals surface area contributed by atoms with Crippen LogP contribution in [0, 0.1) is 29.1 Å². The van der Waals surface area contributed by atoms with Gasteiger partial charge in [-0.15, -0.1) is 0 Å². The van der Waals surface area contributed by atoms with E-state index in [2.05, 4.69) is 53.9 Å². The van der Waals surface area contributed by atoms with Crippen molar-refractivity contribution in [2.45, 2.75) is 98.4 Å². The minimum Gasteiger partial charge on any atom is -0.356 e. The number of rotatable bonds is 19. The number of piperazine rings is 2. The zero-order chi connectivity index (χ0) is 36.2. The quantitative estimate of drug-likeness (QED) is 0.211. The molecule has 5 fully saturated rings. The highest BCUT2D eigenvalue weighted by Gasteiger charge is 2.54. The summed E-state index contributed by atoms with van der Waals surface area (Å²) in [7, 11) is 0. The molecule has 2 amide bonds. The van der Waals surface area contributed by atoms with Crippen LogP contribution >= 0.6 is 0 Å². The number of piperidine rings is 2. The molecular formula is C41H78N8O2. The average molecular weight is 715 g/mol. The maximum atomic E-state index is 12.1. The minimum atomic E-state index is 0.0935. The van der Waals surface area contributed by atoms with Gasteiger partial charge >= 0.3 is 0 Å². The Bertz CT molecular complexity index is 1030. The molecule has 1 saturated carbocycles. The lowest BCUT2D eigenvalue weighted by Crippen LogP contribution is -2.51. The molecular weight excluding hydrogens is 637 g/mol. The normalized spacial score (nSPS) is 26.0. The van der Waals surface area contributed by atoms with Crippen LogP contribution in [0.15, 0.2) is 0 Å². The standard InChI is InChI=1S/C41H78N8O2/c1-6-35(4)40(51)42-32-37-10-17-47(18-11-37)25-26-48-27-29-49(30-28-48)36(5)9-7-14-45-21-23-46(24-22-45)16-8-15-44-19-12-41(13-20-44)31-38(41)33-43-39(50)34(2)3/h34-38H,6-33H2,1-5H3,(H,42,51)(H,43,50). The number of nitrogens with zero attached hydrogens (tertiary/aromatic N) is 6. The van der Waals surface area contributed by atoms with Gasteiger partial charge in [0.05, 0.1) is 0 Å². The summed E-state index contributed by atoms with van der Waals surface area (Å²) in [5.41, 5.74) is 0.541. The molecule has 3 atom stereocenters. The Morgan fingerprint density at radius 2 is 1.14 bits per heavy atom. The van der Waals surface area contributed by atoms with Gasteiger partial charge < -0.3 is 30.2 Å². The molecule has 0 aromatic heterocycles. The average Bonchev–Trinajstić information content (AvgIpc) is 3.84. The number of nitrogens with one attached hydrogen (secondary N) is 2. The fraction of sp³-hybridized carbons (Fsp3) is 0.951. The first-order chi connectivity index (χ1) is 24.6. The van der Waals surface area contributed by atoms with E-state index in [0.29, 0.717) is 17.4 Å². The van der Waals surface area contributed by atoms with Crippen LogP contribution in [0.5, 0.6) is 0 Å². The zero-order valence-electron chi connectivity index (χ0n) is 33.7. The molecule has 5 rings (SSSR count). The highest BCUT2D eigenvalue weighted by molar-refractivity contribution is 5.78. The summed E-state index contributed by atoms with van der Waals surface area (Å²) in [5, 5.41) is 6.37. The third-order valence-electron chi connectivity index (χ3n) is 13.9. The van der Waals surface area contributed by atoms with Crippen molar-refractivity contribution < 1.29 is 9.59 Å². The van der Waals surface area contributed by atoms with Gasteiger partial charge in [0.2, 0.25) is 11.8 Å². The van der Waals surface area contributed by atoms with Gasteiger partial charge in [-0.25, -0.2) is 0 Å². The first-order valence-corrected chi connectivity index (χ1v) is 21.6. The smallest absolute Gasteiger partial charge is 0.222 e. The van der Waals surface area contributed by atoms with Crippen LogP contribution < -0.4 is 10.6 Å². The van der Waals surface area contributed by atoms with Gasteiger partial charge in [-0.1, -0.05) is 27.7 Å². The fourth-order valence-corrected chi connectivity index (χ4v) is 9.26. The molecule has 4 aliphatic heterocycles. The van der Waals surface area contributed by atoms with E-state index >= 15 is 0 Å². The van der Waals surface area contributed by atoms with Gasteiger partial charge in [0.25, 0.3) is 0 Å². The molecule has 0 bridgehead atoms. The number of hydrogen-bond donors (Lipinski definition) is 2. The molecule has 0 aromatic carbocycles. The molecule has 4 heterocycles. The van der Waals surface area contributed by atoms with Gasteiger partial charge in [0.15, 0.2) is 0 Å². The van der Waals surface area contributed by atoms with E-state index in [4.69, 9.17) is 0 Å². The second kappa shape index (κ2) is 20.4. The van der Waals surface area contributed by atoms with Crippen molar-refractivity contribution in [3.05, 3.63) is 0 Å². The van der Waals surface area contributed by atoms with Gasteiger partial charge in [-0.3, -0.25) is 19.4 Å². The van der Waals surface area contributed by atoms with Crippen molar-refractivity contribution in [3.8, 4) is 0 Å². The van der Waals surface area contributed by atoms with E-state index in [9.17, 15) is 9.59 Å². The van der Waals surface area contributed by atoms with E-state index in [-0.39, 0.29) is 23.7 Å². The Morgan fingerprint density at radius 3 is 1.73 bits per heavy atom. The molecule has 10 nitrogen and oxygen atoms in total. The van der Waals surface area contributed by atoms with Crippen molar-refractivity contribution in [1.82, 2.24) is 40.0 Å². The summed E-state index contributed by atoms with van der Waals surface area (Å²) < 4.78 is 0. The van der Waals surface area contributed by atoms with E-state index in [1.54, 1.807) is 0 Å². The first kappa shape index (κ1) is 40.9. The number of likely N-dealkylation sites (tertiary alicyclic amines) is 2. The first-order valence-electron chi connectivity index (χ1n) is 21.6. The number of carbonyl (C=O) groups excluding carboxylic acids is 2. The van der Waals surface area contributed by atoms with Crippen LogP contribution in [0.4, 0.5) is 0 Å².